The van der Waals surface area contributed by atoms with Gasteiger partial charge in [-0.3, -0.25) is 14.5 Å². The molecule has 0 bridgehead atoms. The Morgan fingerprint density at radius 1 is 1.15 bits per heavy atom. The third-order valence-corrected chi connectivity index (χ3v) is 5.52. The summed E-state index contributed by atoms with van der Waals surface area (Å²) in [7, 11) is 1.38. The summed E-state index contributed by atoms with van der Waals surface area (Å²) >= 11 is 0. The van der Waals surface area contributed by atoms with Crippen LogP contribution in [0.4, 0.5) is 10.1 Å². The Kier molecular flexibility index (Phi) is 5.53. The van der Waals surface area contributed by atoms with Crippen molar-refractivity contribution in [3.05, 3.63) is 77.5 Å². The minimum absolute atomic E-state index is 0.00872. The first kappa shape index (κ1) is 22.3. The molecule has 8 heteroatoms. The Morgan fingerprint density at radius 3 is 2.42 bits per heavy atom. The third kappa shape index (κ3) is 3.77. The van der Waals surface area contributed by atoms with Gasteiger partial charge in [0, 0.05) is 22.7 Å². The average molecular weight is 450 g/mol. The first-order valence-corrected chi connectivity index (χ1v) is 10.3. The molecule has 0 radical (unpaired) electrons. The van der Waals surface area contributed by atoms with Gasteiger partial charge in [-0.25, -0.2) is 4.39 Å². The molecule has 1 aliphatic rings. The van der Waals surface area contributed by atoms with E-state index in [1.165, 1.54) is 30.4 Å². The standard InChI is InChI=1S/C25H23FN2O5/c1-25(2,3)23(30)20-21(19-16(26)6-5-7-18(19)32-4)28(24(31)22(20)29)15-10-8-14(9-11-15)17-12-13-33-27-17/h5-13,21,29H,1-4H3. The number of nitrogens with zero attached hydrogens (tertiary/aromatic N) is 2. The predicted molar refractivity (Wildman–Crippen MR) is 119 cm³/mol. The normalized spacial score (nSPS) is 16.5. The average Bonchev–Trinajstić information content (AvgIpc) is 3.40. The van der Waals surface area contributed by atoms with E-state index in [0.717, 1.165) is 5.56 Å². The van der Waals surface area contributed by atoms with Crippen molar-refractivity contribution in [1.82, 2.24) is 5.16 Å². The van der Waals surface area contributed by atoms with Crippen LogP contribution in [0.2, 0.25) is 0 Å². The van der Waals surface area contributed by atoms with Crippen LogP contribution < -0.4 is 9.64 Å². The zero-order valence-corrected chi connectivity index (χ0v) is 18.6. The zero-order chi connectivity index (χ0) is 23.9. The van der Waals surface area contributed by atoms with Crippen molar-refractivity contribution in [3.8, 4) is 17.0 Å². The lowest BCUT2D eigenvalue weighted by atomic mass is 9.82. The highest BCUT2D eigenvalue weighted by Crippen LogP contribution is 2.46. The van der Waals surface area contributed by atoms with Crippen molar-refractivity contribution in [2.75, 3.05) is 12.0 Å². The van der Waals surface area contributed by atoms with Gasteiger partial charge in [0.1, 0.15) is 29.6 Å². The number of ketones is 1. The number of rotatable bonds is 5. The van der Waals surface area contributed by atoms with Crippen molar-refractivity contribution in [1.29, 1.82) is 0 Å². The molecule has 0 fully saturated rings. The summed E-state index contributed by atoms with van der Waals surface area (Å²) in [5.41, 5.74) is 0.606. The maximum Gasteiger partial charge on any atom is 0.294 e. The van der Waals surface area contributed by atoms with E-state index in [1.54, 1.807) is 57.2 Å². The number of carbonyl (C=O) groups excluding carboxylic acids is 2. The number of carbonyl (C=O) groups is 2. The van der Waals surface area contributed by atoms with Crippen molar-refractivity contribution in [3.63, 3.8) is 0 Å². The van der Waals surface area contributed by atoms with E-state index < -0.39 is 34.7 Å². The van der Waals surface area contributed by atoms with Gasteiger partial charge in [-0.05, 0) is 24.3 Å². The molecule has 170 valence electrons. The summed E-state index contributed by atoms with van der Waals surface area (Å²) in [5.74, 6) is -2.47. The summed E-state index contributed by atoms with van der Waals surface area (Å²) in [5, 5.41) is 14.7. The second-order valence-corrected chi connectivity index (χ2v) is 8.71. The molecule has 33 heavy (non-hydrogen) atoms. The van der Waals surface area contributed by atoms with E-state index in [0.29, 0.717) is 11.4 Å². The minimum Gasteiger partial charge on any atom is -0.503 e. The van der Waals surface area contributed by atoms with Crippen molar-refractivity contribution >= 4 is 17.4 Å². The molecule has 1 aliphatic heterocycles. The van der Waals surface area contributed by atoms with Gasteiger partial charge in [0.15, 0.2) is 11.5 Å². The van der Waals surface area contributed by atoms with E-state index in [9.17, 15) is 14.7 Å². The van der Waals surface area contributed by atoms with E-state index in [4.69, 9.17) is 9.26 Å². The molecular formula is C25H23FN2O5. The first-order valence-electron chi connectivity index (χ1n) is 10.3. The highest BCUT2D eigenvalue weighted by Gasteiger charge is 2.48. The Balaban J connectivity index is 1.90. The lowest BCUT2D eigenvalue weighted by molar-refractivity contribution is -0.123. The van der Waals surface area contributed by atoms with Crippen LogP contribution in [0.15, 0.2) is 70.6 Å². The summed E-state index contributed by atoms with van der Waals surface area (Å²) in [6.45, 7) is 5.02. The van der Waals surface area contributed by atoms with Crippen LogP contribution in [0.25, 0.3) is 11.3 Å². The van der Waals surface area contributed by atoms with Crippen LogP contribution in [0.3, 0.4) is 0 Å². The number of aliphatic hydroxyl groups excluding tert-OH is 1. The molecule has 0 spiro atoms. The van der Waals surface area contributed by atoms with Gasteiger partial charge in [0.25, 0.3) is 5.91 Å². The van der Waals surface area contributed by atoms with Gasteiger partial charge in [-0.2, -0.15) is 0 Å². The van der Waals surface area contributed by atoms with Gasteiger partial charge < -0.3 is 14.4 Å². The van der Waals surface area contributed by atoms with Crippen molar-refractivity contribution in [2.45, 2.75) is 26.8 Å². The fourth-order valence-electron chi connectivity index (χ4n) is 3.90. The van der Waals surface area contributed by atoms with Crippen molar-refractivity contribution < 1.29 is 28.3 Å². The fourth-order valence-corrected chi connectivity index (χ4v) is 3.90. The Morgan fingerprint density at radius 2 is 1.85 bits per heavy atom. The molecule has 2 aromatic carbocycles. The highest BCUT2D eigenvalue weighted by atomic mass is 19.1. The van der Waals surface area contributed by atoms with Gasteiger partial charge in [-0.15, -0.1) is 0 Å². The number of halogens is 1. The lowest BCUT2D eigenvalue weighted by Crippen LogP contribution is -2.33. The smallest absolute Gasteiger partial charge is 0.294 e. The topological polar surface area (TPSA) is 92.9 Å². The predicted octanol–water partition coefficient (Wildman–Crippen LogP) is 5.00. The van der Waals surface area contributed by atoms with Gasteiger partial charge >= 0.3 is 0 Å². The highest BCUT2D eigenvalue weighted by molar-refractivity contribution is 6.17. The Bertz CT molecular complexity index is 1240. The molecule has 3 aromatic rings. The van der Waals surface area contributed by atoms with Crippen LogP contribution in [-0.2, 0) is 9.59 Å². The molecular weight excluding hydrogens is 427 g/mol. The summed E-state index contributed by atoms with van der Waals surface area (Å²) in [4.78, 5) is 27.8. The molecule has 1 atom stereocenters. The number of amides is 1. The largest absolute Gasteiger partial charge is 0.503 e. The van der Waals surface area contributed by atoms with Crippen LogP contribution in [0.5, 0.6) is 5.75 Å². The van der Waals surface area contributed by atoms with Gasteiger partial charge in [0.2, 0.25) is 0 Å². The van der Waals surface area contributed by atoms with Crippen LogP contribution in [0.1, 0.15) is 32.4 Å². The summed E-state index contributed by atoms with van der Waals surface area (Å²) in [6.07, 6.45) is 1.44. The second kappa shape index (κ2) is 8.20. The number of methoxy groups -OCH3 is 1. The first-order chi connectivity index (χ1) is 15.6. The molecule has 0 aliphatic carbocycles. The number of hydrogen-bond acceptors (Lipinski definition) is 6. The Labute approximate surface area is 190 Å². The maximum atomic E-state index is 15.2. The zero-order valence-electron chi connectivity index (χ0n) is 18.6. The maximum absolute atomic E-state index is 15.2. The number of anilines is 1. The molecule has 1 N–H and O–H groups in total. The molecule has 1 unspecified atom stereocenters. The van der Waals surface area contributed by atoms with E-state index in [1.807, 2.05) is 0 Å². The van der Waals surface area contributed by atoms with Crippen LogP contribution in [-0.4, -0.2) is 29.1 Å². The molecule has 1 aromatic heterocycles. The molecule has 0 saturated heterocycles. The number of aliphatic hydroxyl groups is 1. The summed E-state index contributed by atoms with van der Waals surface area (Å²) in [6, 6.07) is 11.4. The van der Waals surface area contributed by atoms with E-state index in [-0.39, 0.29) is 16.9 Å². The number of benzene rings is 2. The molecule has 7 nitrogen and oxygen atoms in total. The molecule has 2 heterocycles. The quantitative estimate of drug-likeness (QED) is 0.588. The number of ether oxygens (including phenoxy) is 1. The van der Waals surface area contributed by atoms with E-state index >= 15 is 4.39 Å². The number of aromatic nitrogens is 1. The van der Waals surface area contributed by atoms with Crippen LogP contribution >= 0.6 is 0 Å². The third-order valence-electron chi connectivity index (χ3n) is 5.52. The van der Waals surface area contributed by atoms with Gasteiger partial charge in [0.05, 0.1) is 18.2 Å². The van der Waals surface area contributed by atoms with Crippen LogP contribution in [0, 0.1) is 11.2 Å². The molecule has 0 saturated carbocycles. The fraction of sp³-hybridized carbons (Fsp3) is 0.240. The molecule has 1 amide bonds. The second-order valence-electron chi connectivity index (χ2n) is 8.71. The molecule has 4 rings (SSSR count). The van der Waals surface area contributed by atoms with Gasteiger partial charge in [-0.1, -0.05) is 44.1 Å². The SMILES string of the molecule is COc1cccc(F)c1C1C(C(=O)C(C)(C)C)=C(O)C(=O)N1c1ccc(-c2ccon2)cc1. The number of hydrogen-bond donors (Lipinski definition) is 1. The number of Topliss-reactive ketones (excluding diaryl/α,β-unsaturated/α-hetero) is 1. The minimum atomic E-state index is -1.21. The van der Waals surface area contributed by atoms with Crippen molar-refractivity contribution in [2.24, 2.45) is 5.41 Å². The monoisotopic (exact) mass is 450 g/mol. The summed E-state index contributed by atoms with van der Waals surface area (Å²) < 4.78 is 25.4. The van der Waals surface area contributed by atoms with E-state index in [2.05, 4.69) is 5.16 Å². The Hall–Kier alpha value is -3.94. The lowest BCUT2D eigenvalue weighted by Gasteiger charge is -2.30.